The fraction of sp³-hybridized carbons (Fsp3) is 0.500. The molecule has 1 N–H and O–H groups in total. The largest absolute Gasteiger partial charge is 0.310 e. The molecule has 1 fully saturated rings. The Balaban J connectivity index is 2.11. The van der Waals surface area contributed by atoms with Gasteiger partial charge in [-0.05, 0) is 34.7 Å². The fourth-order valence-electron chi connectivity index (χ4n) is 2.91. The minimum Gasteiger partial charge on any atom is -0.310 e. The summed E-state index contributed by atoms with van der Waals surface area (Å²) >= 11 is 9.69. The summed E-state index contributed by atoms with van der Waals surface area (Å²) in [6.07, 6.45) is 4.69. The highest BCUT2D eigenvalue weighted by molar-refractivity contribution is 9.10. The van der Waals surface area contributed by atoms with E-state index in [1.54, 1.807) is 6.20 Å². The van der Waals surface area contributed by atoms with Gasteiger partial charge >= 0.3 is 0 Å². The maximum absolute atomic E-state index is 12.1. The molecule has 0 saturated heterocycles. The molecular formula is C12H12BrClN2O. The van der Waals surface area contributed by atoms with Crippen LogP contribution in [0.15, 0.2) is 10.7 Å². The summed E-state index contributed by atoms with van der Waals surface area (Å²) in [6, 6.07) is 0. The van der Waals surface area contributed by atoms with Crippen LogP contribution < -0.4 is 5.32 Å². The molecule has 0 bridgehead atoms. The number of hydrogen-bond acceptors (Lipinski definition) is 2. The molecule has 17 heavy (non-hydrogen) atoms. The molecule has 0 radical (unpaired) electrons. The quantitative estimate of drug-likeness (QED) is 0.907. The first-order chi connectivity index (χ1) is 8.11. The molecule has 2 heterocycles. The van der Waals surface area contributed by atoms with Crippen molar-refractivity contribution in [2.45, 2.75) is 31.6 Å². The molecule has 3 nitrogen and oxygen atoms in total. The van der Waals surface area contributed by atoms with Crippen LogP contribution in [0.5, 0.6) is 0 Å². The van der Waals surface area contributed by atoms with E-state index in [9.17, 15) is 4.79 Å². The van der Waals surface area contributed by atoms with Gasteiger partial charge in [0.2, 0.25) is 5.91 Å². The third kappa shape index (κ3) is 1.40. The molecule has 2 aliphatic rings. The molecule has 1 amide bonds. The molecule has 90 valence electrons. The van der Waals surface area contributed by atoms with E-state index in [2.05, 4.69) is 33.2 Å². The van der Waals surface area contributed by atoms with E-state index in [-0.39, 0.29) is 11.3 Å². The maximum Gasteiger partial charge on any atom is 0.236 e. The summed E-state index contributed by atoms with van der Waals surface area (Å²) in [5.41, 5.74) is 0.510. The van der Waals surface area contributed by atoms with Crippen molar-refractivity contribution in [3.63, 3.8) is 0 Å². The van der Waals surface area contributed by atoms with Gasteiger partial charge in [0.25, 0.3) is 0 Å². The van der Waals surface area contributed by atoms with Gasteiger partial charge in [0.1, 0.15) is 5.82 Å². The molecule has 1 aliphatic carbocycles. The molecule has 1 aromatic heterocycles. The first kappa shape index (κ1) is 11.5. The van der Waals surface area contributed by atoms with Gasteiger partial charge in [0.15, 0.2) is 0 Å². The van der Waals surface area contributed by atoms with Gasteiger partial charge in [-0.25, -0.2) is 4.98 Å². The molecule has 3 rings (SSSR count). The maximum atomic E-state index is 12.1. The highest BCUT2D eigenvalue weighted by atomic mass is 79.9. The summed E-state index contributed by atoms with van der Waals surface area (Å²) in [4.78, 5) is 16.4. The van der Waals surface area contributed by atoms with Gasteiger partial charge in [0, 0.05) is 11.8 Å². The van der Waals surface area contributed by atoms with Crippen molar-refractivity contribution in [2.75, 3.05) is 5.32 Å². The highest BCUT2D eigenvalue weighted by Gasteiger charge is 2.65. The summed E-state index contributed by atoms with van der Waals surface area (Å²) in [7, 11) is 0. The van der Waals surface area contributed by atoms with Crippen LogP contribution in [0.1, 0.15) is 31.7 Å². The number of pyridine rings is 1. The van der Waals surface area contributed by atoms with Gasteiger partial charge in [-0.15, -0.1) is 0 Å². The zero-order valence-corrected chi connectivity index (χ0v) is 11.7. The van der Waals surface area contributed by atoms with E-state index in [0.29, 0.717) is 16.8 Å². The third-order valence-electron chi connectivity index (χ3n) is 3.80. The summed E-state index contributed by atoms with van der Waals surface area (Å²) in [5.74, 6) is 1.13. The molecule has 1 aliphatic heterocycles. The Hall–Kier alpha value is -0.610. The number of fused-ring (bicyclic) bond motifs is 2. The number of carbonyl (C=O) groups excluding carboxylic acids is 1. The van der Waals surface area contributed by atoms with Crippen molar-refractivity contribution >= 4 is 39.3 Å². The van der Waals surface area contributed by atoms with Crippen LogP contribution in [0, 0.1) is 5.92 Å². The average molecular weight is 316 g/mol. The smallest absolute Gasteiger partial charge is 0.236 e. The first-order valence-electron chi connectivity index (χ1n) is 5.77. The lowest BCUT2D eigenvalue weighted by Crippen LogP contribution is -2.21. The minimum absolute atomic E-state index is 0.0680. The van der Waals surface area contributed by atoms with Gasteiger partial charge in [0.05, 0.1) is 14.9 Å². The first-order valence-corrected chi connectivity index (χ1v) is 6.94. The van der Waals surface area contributed by atoms with E-state index in [1.165, 1.54) is 0 Å². The fourth-order valence-corrected chi connectivity index (χ4v) is 3.52. The molecule has 1 aromatic rings. The minimum atomic E-state index is -0.390. The van der Waals surface area contributed by atoms with Crippen LogP contribution in [0.2, 0.25) is 5.02 Å². The number of anilines is 1. The summed E-state index contributed by atoms with van der Waals surface area (Å²) in [6.45, 7) is 2.14. The van der Waals surface area contributed by atoms with E-state index < -0.39 is 0 Å². The topological polar surface area (TPSA) is 42.0 Å². The Kier molecular flexibility index (Phi) is 2.49. The number of carbonyl (C=O) groups is 1. The standard InChI is InChI=1S/C12H12BrClN2O/c1-2-3-6-4-12(6)8-9(14)7(13)5-15-10(8)16-11(12)17/h5-6H,2-4H2,1H3,(H,15,16,17)/t6-,12+/m0/s1. The van der Waals surface area contributed by atoms with Crippen molar-refractivity contribution in [3.05, 3.63) is 21.3 Å². The van der Waals surface area contributed by atoms with Crippen molar-refractivity contribution in [1.29, 1.82) is 0 Å². The van der Waals surface area contributed by atoms with Crippen molar-refractivity contribution in [3.8, 4) is 0 Å². The zero-order chi connectivity index (χ0) is 12.2. The van der Waals surface area contributed by atoms with Crippen LogP contribution in [0.25, 0.3) is 0 Å². The highest BCUT2D eigenvalue weighted by Crippen LogP contribution is 2.63. The van der Waals surface area contributed by atoms with Crippen LogP contribution >= 0.6 is 27.5 Å². The van der Waals surface area contributed by atoms with Crippen molar-refractivity contribution in [2.24, 2.45) is 5.92 Å². The normalized spacial score (nSPS) is 29.4. The molecule has 0 aromatic carbocycles. The molecule has 5 heteroatoms. The average Bonchev–Trinajstić information content (AvgIpc) is 2.91. The number of hydrogen-bond donors (Lipinski definition) is 1. The zero-order valence-electron chi connectivity index (χ0n) is 9.39. The van der Waals surface area contributed by atoms with Crippen molar-refractivity contribution in [1.82, 2.24) is 4.98 Å². The predicted octanol–water partition coefficient (Wildman–Crippen LogP) is 3.51. The lowest BCUT2D eigenvalue weighted by atomic mass is 9.94. The number of aromatic nitrogens is 1. The van der Waals surface area contributed by atoms with Gasteiger partial charge < -0.3 is 5.32 Å². The van der Waals surface area contributed by atoms with E-state index >= 15 is 0 Å². The number of rotatable bonds is 2. The lowest BCUT2D eigenvalue weighted by molar-refractivity contribution is -0.118. The monoisotopic (exact) mass is 314 g/mol. The molecule has 2 atom stereocenters. The molecule has 1 spiro atoms. The van der Waals surface area contributed by atoms with E-state index in [1.807, 2.05) is 0 Å². The summed E-state index contributed by atoms with van der Waals surface area (Å²) < 4.78 is 0.760. The second kappa shape index (κ2) is 3.69. The van der Waals surface area contributed by atoms with E-state index in [0.717, 1.165) is 29.3 Å². The Labute approximate surface area is 113 Å². The molecule has 1 saturated carbocycles. The Bertz CT molecular complexity index is 519. The third-order valence-corrected chi connectivity index (χ3v) is 5.02. The number of nitrogens with zero attached hydrogens (tertiary/aromatic N) is 1. The van der Waals surface area contributed by atoms with Crippen LogP contribution in [0.4, 0.5) is 5.82 Å². The van der Waals surface area contributed by atoms with Crippen LogP contribution in [-0.4, -0.2) is 10.9 Å². The Morgan fingerprint density at radius 2 is 2.47 bits per heavy atom. The Morgan fingerprint density at radius 1 is 1.71 bits per heavy atom. The second-order valence-electron chi connectivity index (χ2n) is 4.76. The van der Waals surface area contributed by atoms with Crippen LogP contribution in [0.3, 0.4) is 0 Å². The molecule has 0 unspecified atom stereocenters. The number of halogens is 2. The molecular weight excluding hydrogens is 304 g/mol. The Morgan fingerprint density at radius 3 is 3.18 bits per heavy atom. The van der Waals surface area contributed by atoms with Gasteiger partial charge in [-0.2, -0.15) is 0 Å². The summed E-state index contributed by atoms with van der Waals surface area (Å²) in [5, 5.41) is 3.48. The second-order valence-corrected chi connectivity index (χ2v) is 5.99. The van der Waals surface area contributed by atoms with Crippen LogP contribution in [-0.2, 0) is 10.2 Å². The SMILES string of the molecule is CCC[C@H]1C[C@@]12C(=O)Nc1ncc(Br)c(Cl)c12. The van der Waals surface area contributed by atoms with E-state index in [4.69, 9.17) is 11.6 Å². The lowest BCUT2D eigenvalue weighted by Gasteiger charge is -2.10. The van der Waals surface area contributed by atoms with Gasteiger partial charge in [-0.1, -0.05) is 24.9 Å². The number of nitrogens with one attached hydrogen (secondary N) is 1. The van der Waals surface area contributed by atoms with Crippen molar-refractivity contribution < 1.29 is 4.79 Å². The predicted molar refractivity (Wildman–Crippen MR) is 70.3 cm³/mol. The number of amides is 1. The van der Waals surface area contributed by atoms with Gasteiger partial charge in [-0.3, -0.25) is 4.79 Å².